The van der Waals surface area contributed by atoms with Crippen molar-refractivity contribution in [1.29, 1.82) is 0 Å². The predicted molar refractivity (Wildman–Crippen MR) is 112 cm³/mol. The third kappa shape index (κ3) is 3.91. The first kappa shape index (κ1) is 21.0. The van der Waals surface area contributed by atoms with Gasteiger partial charge >= 0.3 is 12.2 Å². The molecule has 0 saturated heterocycles. The summed E-state index contributed by atoms with van der Waals surface area (Å²) in [7, 11) is 1.37. The second-order valence-corrected chi connectivity index (χ2v) is 7.12. The fraction of sp³-hybridized carbons (Fsp3) is 0.105. The van der Waals surface area contributed by atoms with E-state index in [2.05, 4.69) is 20.3 Å². The molecule has 0 bridgehead atoms. The number of aromatic nitrogens is 4. The van der Waals surface area contributed by atoms with Gasteiger partial charge in [0.15, 0.2) is 17.0 Å². The Morgan fingerprint density at radius 2 is 1.65 bits per heavy atom. The first-order chi connectivity index (χ1) is 14.7. The molecule has 0 unspecified atom stereocenters. The summed E-state index contributed by atoms with van der Waals surface area (Å²) in [6.45, 7) is 0. The van der Waals surface area contributed by atoms with Gasteiger partial charge in [-0.25, -0.2) is 4.98 Å². The molecule has 4 rings (SSSR count). The van der Waals surface area contributed by atoms with Crippen molar-refractivity contribution in [3.63, 3.8) is 0 Å². The van der Waals surface area contributed by atoms with Crippen molar-refractivity contribution in [3.05, 3.63) is 58.1 Å². The van der Waals surface area contributed by atoms with Gasteiger partial charge in [0.05, 0.1) is 28.4 Å². The second-order valence-electron chi connectivity index (χ2n) is 6.31. The van der Waals surface area contributed by atoms with Crippen LogP contribution in [0.5, 0.6) is 6.01 Å². The average Bonchev–Trinajstić information content (AvgIpc) is 3.04. The third-order valence-corrected chi connectivity index (χ3v) is 4.94. The number of anilines is 3. The number of benzene rings is 2. The maximum atomic E-state index is 12.8. The van der Waals surface area contributed by atoms with Gasteiger partial charge in [-0.15, -0.1) is 0 Å². The molecule has 2 aromatic heterocycles. The number of nitrogens with two attached hydrogens (primary N) is 1. The number of hydrogen-bond acceptors (Lipinski definition) is 6. The highest BCUT2D eigenvalue weighted by atomic mass is 35.5. The number of alkyl halides is 3. The molecule has 2 heterocycles. The number of para-hydroxylation sites is 1. The Morgan fingerprint density at radius 3 is 2.23 bits per heavy atom. The zero-order chi connectivity index (χ0) is 22.3. The van der Waals surface area contributed by atoms with Crippen molar-refractivity contribution < 1.29 is 17.9 Å². The van der Waals surface area contributed by atoms with Crippen molar-refractivity contribution in [2.45, 2.75) is 6.18 Å². The number of imidazole rings is 1. The summed E-state index contributed by atoms with van der Waals surface area (Å²) < 4.78 is 45.1. The summed E-state index contributed by atoms with van der Waals surface area (Å²) in [4.78, 5) is 12.8. The SMILES string of the molecule is COc1nc(Nc2ccc(C(F)(F)F)cc2)c2nc(N)n(-c3c(Cl)cccc3Cl)c2n1. The monoisotopic (exact) mass is 468 g/mol. The normalized spacial score (nSPS) is 11.7. The number of rotatable bonds is 4. The minimum absolute atomic E-state index is 0.0220. The highest BCUT2D eigenvalue weighted by molar-refractivity contribution is 6.38. The quantitative estimate of drug-likeness (QED) is 0.412. The lowest BCUT2D eigenvalue weighted by Gasteiger charge is -2.12. The molecule has 3 N–H and O–H groups in total. The fourth-order valence-corrected chi connectivity index (χ4v) is 3.50. The van der Waals surface area contributed by atoms with E-state index in [9.17, 15) is 13.2 Å². The Morgan fingerprint density at radius 1 is 1.00 bits per heavy atom. The maximum absolute atomic E-state index is 12.8. The number of hydrogen-bond donors (Lipinski definition) is 2. The molecule has 2 aromatic carbocycles. The molecule has 160 valence electrons. The Hall–Kier alpha value is -3.24. The van der Waals surface area contributed by atoms with Crippen molar-refractivity contribution in [3.8, 4) is 11.7 Å². The minimum Gasteiger partial charge on any atom is -0.467 e. The largest absolute Gasteiger partial charge is 0.467 e. The Bertz CT molecular complexity index is 1250. The fourth-order valence-electron chi connectivity index (χ4n) is 2.94. The van der Waals surface area contributed by atoms with E-state index in [0.29, 0.717) is 21.4 Å². The maximum Gasteiger partial charge on any atom is 0.416 e. The van der Waals surface area contributed by atoms with Gasteiger partial charge in [0.25, 0.3) is 0 Å². The van der Waals surface area contributed by atoms with Gasteiger partial charge in [-0.1, -0.05) is 29.3 Å². The van der Waals surface area contributed by atoms with Crippen molar-refractivity contribution in [2.75, 3.05) is 18.2 Å². The molecule has 0 spiro atoms. The lowest BCUT2D eigenvalue weighted by Crippen LogP contribution is -2.05. The van der Waals surface area contributed by atoms with E-state index in [1.165, 1.54) is 23.8 Å². The lowest BCUT2D eigenvalue weighted by molar-refractivity contribution is -0.137. The molecule has 4 aromatic rings. The van der Waals surface area contributed by atoms with Crippen molar-refractivity contribution in [1.82, 2.24) is 19.5 Å². The first-order valence-corrected chi connectivity index (χ1v) is 9.43. The van der Waals surface area contributed by atoms with E-state index in [1.807, 2.05) is 0 Å². The second kappa shape index (κ2) is 7.78. The summed E-state index contributed by atoms with van der Waals surface area (Å²) in [6, 6.07) is 9.37. The van der Waals surface area contributed by atoms with Crippen LogP contribution in [0.2, 0.25) is 10.0 Å². The molecular formula is C19H13Cl2F3N6O. The number of nitrogens with one attached hydrogen (secondary N) is 1. The van der Waals surface area contributed by atoms with Crippen LogP contribution >= 0.6 is 23.2 Å². The molecule has 7 nitrogen and oxygen atoms in total. The first-order valence-electron chi connectivity index (χ1n) is 8.67. The van der Waals surface area contributed by atoms with Crippen molar-refractivity contribution >= 4 is 51.8 Å². The van der Waals surface area contributed by atoms with Crippen LogP contribution in [0, 0.1) is 0 Å². The number of fused-ring (bicyclic) bond motifs is 1. The van der Waals surface area contributed by atoms with Crippen LogP contribution < -0.4 is 15.8 Å². The van der Waals surface area contributed by atoms with E-state index in [4.69, 9.17) is 33.7 Å². The smallest absolute Gasteiger partial charge is 0.416 e. The average molecular weight is 469 g/mol. The molecule has 12 heteroatoms. The summed E-state index contributed by atoms with van der Waals surface area (Å²) in [5, 5.41) is 3.55. The lowest BCUT2D eigenvalue weighted by atomic mass is 10.2. The van der Waals surface area contributed by atoms with E-state index < -0.39 is 11.7 Å². The van der Waals surface area contributed by atoms with Gasteiger partial charge in [0.2, 0.25) is 5.95 Å². The summed E-state index contributed by atoms with van der Waals surface area (Å²) in [5.41, 5.74) is 6.55. The van der Waals surface area contributed by atoms with Crippen LogP contribution in [-0.4, -0.2) is 26.6 Å². The zero-order valence-electron chi connectivity index (χ0n) is 15.7. The highest BCUT2D eigenvalue weighted by Gasteiger charge is 2.30. The van der Waals surface area contributed by atoms with E-state index in [0.717, 1.165) is 12.1 Å². The van der Waals surface area contributed by atoms with Gasteiger partial charge < -0.3 is 15.8 Å². The van der Waals surface area contributed by atoms with Crippen LogP contribution in [0.4, 0.5) is 30.6 Å². The van der Waals surface area contributed by atoms with Crippen LogP contribution in [0.1, 0.15) is 5.56 Å². The highest BCUT2D eigenvalue weighted by Crippen LogP contribution is 2.36. The molecule has 0 atom stereocenters. The molecular weight excluding hydrogens is 456 g/mol. The van der Waals surface area contributed by atoms with E-state index in [-0.39, 0.29) is 28.9 Å². The van der Waals surface area contributed by atoms with Crippen LogP contribution in [-0.2, 0) is 6.18 Å². The third-order valence-electron chi connectivity index (χ3n) is 4.33. The number of nitrogens with zero attached hydrogens (tertiary/aromatic N) is 4. The van der Waals surface area contributed by atoms with Gasteiger partial charge in [0.1, 0.15) is 0 Å². The Kier molecular flexibility index (Phi) is 5.28. The van der Waals surface area contributed by atoms with Crippen LogP contribution in [0.3, 0.4) is 0 Å². The molecule has 0 aliphatic rings. The number of ether oxygens (including phenoxy) is 1. The number of nitrogen functional groups attached to an aromatic ring is 1. The van der Waals surface area contributed by atoms with Crippen LogP contribution in [0.15, 0.2) is 42.5 Å². The minimum atomic E-state index is -4.44. The summed E-state index contributed by atoms with van der Waals surface area (Å²) >= 11 is 12.6. The van der Waals surface area contributed by atoms with Gasteiger partial charge in [0, 0.05) is 5.69 Å². The van der Waals surface area contributed by atoms with E-state index >= 15 is 0 Å². The van der Waals surface area contributed by atoms with Gasteiger partial charge in [-0.2, -0.15) is 23.1 Å². The molecule has 0 fully saturated rings. The summed E-state index contributed by atoms with van der Waals surface area (Å²) in [6.07, 6.45) is -4.44. The van der Waals surface area contributed by atoms with Crippen molar-refractivity contribution in [2.24, 2.45) is 0 Å². The molecule has 0 amide bonds. The molecule has 0 radical (unpaired) electrons. The standard InChI is InChI=1S/C19H13Cl2F3N6O/c1-31-18-28-15(26-10-7-5-9(6-8-10)19(22,23)24)13-16(29-18)30(17(25)27-13)14-11(20)3-2-4-12(14)21/h2-8H,1H3,(H2,25,27)(H,26,28,29). The Labute approximate surface area is 183 Å². The van der Waals surface area contributed by atoms with E-state index in [1.54, 1.807) is 18.2 Å². The molecule has 0 aliphatic carbocycles. The number of methoxy groups -OCH3 is 1. The topological polar surface area (TPSA) is 90.9 Å². The zero-order valence-corrected chi connectivity index (χ0v) is 17.2. The molecule has 0 saturated carbocycles. The Balaban J connectivity index is 1.86. The molecule has 0 aliphatic heterocycles. The van der Waals surface area contributed by atoms with Gasteiger partial charge in [-0.3, -0.25) is 4.57 Å². The molecule has 31 heavy (non-hydrogen) atoms. The number of halogens is 5. The van der Waals surface area contributed by atoms with Crippen LogP contribution in [0.25, 0.3) is 16.9 Å². The predicted octanol–water partition coefficient (Wildman–Crippen LogP) is 5.48. The summed E-state index contributed by atoms with van der Waals surface area (Å²) in [5.74, 6) is 0.207. The van der Waals surface area contributed by atoms with Gasteiger partial charge in [-0.05, 0) is 36.4 Å².